The second-order valence-electron chi connectivity index (χ2n) is 7.24. The minimum Gasteiger partial charge on any atom is -0.393 e. The molecule has 1 nitrogen and oxygen atoms in total. The van der Waals surface area contributed by atoms with E-state index >= 15 is 0 Å². The fraction of sp³-hybridized carbons (Fsp3) is 0.500. The van der Waals surface area contributed by atoms with Crippen molar-refractivity contribution in [1.82, 2.24) is 0 Å². The Morgan fingerprint density at radius 3 is 2.55 bits per heavy atom. The Labute approximate surface area is 125 Å². The molecule has 1 aromatic carbocycles. The van der Waals surface area contributed by atoms with E-state index in [9.17, 15) is 0 Å². The lowest BCUT2D eigenvalue weighted by molar-refractivity contribution is -0.386. The highest BCUT2D eigenvalue weighted by molar-refractivity contribution is 7.80. The molecule has 0 aromatic heterocycles. The van der Waals surface area contributed by atoms with E-state index in [1.807, 2.05) is 0 Å². The van der Waals surface area contributed by atoms with E-state index in [0.29, 0.717) is 10.8 Å². The maximum Gasteiger partial charge on any atom is 0.0797 e. The van der Waals surface area contributed by atoms with E-state index in [0.717, 1.165) is 16.8 Å². The van der Waals surface area contributed by atoms with Gasteiger partial charge in [-0.15, -0.1) is 0 Å². The molecule has 0 radical (unpaired) electrons. The van der Waals surface area contributed by atoms with Crippen LogP contribution in [0.3, 0.4) is 0 Å². The second-order valence-corrected chi connectivity index (χ2v) is 7.68. The lowest BCUT2D eigenvalue weighted by Gasteiger charge is -2.96. The zero-order chi connectivity index (χ0) is 13.8. The van der Waals surface area contributed by atoms with Gasteiger partial charge in [0.1, 0.15) is 0 Å². The van der Waals surface area contributed by atoms with Crippen molar-refractivity contribution in [3.8, 4) is 0 Å². The smallest absolute Gasteiger partial charge is 0.0797 e. The van der Waals surface area contributed by atoms with Gasteiger partial charge in [0.15, 0.2) is 0 Å². The van der Waals surface area contributed by atoms with Crippen LogP contribution in [-0.2, 0) is 5.41 Å². The number of benzene rings is 1. The fourth-order valence-electron chi connectivity index (χ4n) is 6.89. The largest absolute Gasteiger partial charge is 0.393 e. The van der Waals surface area contributed by atoms with Crippen LogP contribution in [0, 0.1) is 22.7 Å². The molecule has 5 unspecified atom stereocenters. The molecule has 5 rings (SSSR count). The average molecular weight is 281 g/mol. The summed E-state index contributed by atoms with van der Waals surface area (Å²) < 4.78 is 0. The van der Waals surface area contributed by atoms with Gasteiger partial charge in [0, 0.05) is 16.2 Å². The average Bonchev–Trinajstić information content (AvgIpc) is 2.37. The summed E-state index contributed by atoms with van der Waals surface area (Å²) in [6, 6.07) is 11.1. The first-order chi connectivity index (χ1) is 9.64. The highest BCUT2D eigenvalue weighted by Gasteiger charge is 2.95. The van der Waals surface area contributed by atoms with Crippen molar-refractivity contribution < 1.29 is 0 Å². The Hall–Kier alpha value is -1.15. The molecule has 5 atom stereocenters. The van der Waals surface area contributed by atoms with E-state index in [4.69, 9.17) is 18.0 Å². The standard InChI is InChI=1S/C18H19NS/c1-2-12-13-8-16(11-6-4-3-5-7-11)10-17(15(19)20)9-14(12)18(13,16)17/h2-7,13-14H,8-10H2,1H3,(H2,19,20)/b12-2+. The lowest BCUT2D eigenvalue weighted by Crippen LogP contribution is -2.94. The van der Waals surface area contributed by atoms with Crippen molar-refractivity contribution in [2.45, 2.75) is 31.6 Å². The molecule has 1 aromatic rings. The van der Waals surface area contributed by atoms with Gasteiger partial charge in [-0.3, -0.25) is 0 Å². The zero-order valence-electron chi connectivity index (χ0n) is 11.7. The topological polar surface area (TPSA) is 26.0 Å². The molecular weight excluding hydrogens is 262 g/mol. The third kappa shape index (κ3) is 0.756. The van der Waals surface area contributed by atoms with Gasteiger partial charge in [-0.2, -0.15) is 0 Å². The van der Waals surface area contributed by atoms with Gasteiger partial charge in [0.05, 0.1) is 4.99 Å². The highest BCUT2D eigenvalue weighted by atomic mass is 32.1. The molecule has 0 amide bonds. The van der Waals surface area contributed by atoms with Crippen LogP contribution in [0.4, 0.5) is 0 Å². The summed E-state index contributed by atoms with van der Waals surface area (Å²) in [5.41, 5.74) is 10.4. The normalized spacial score (nSPS) is 51.8. The minimum atomic E-state index is 0.193. The predicted octanol–water partition coefficient (Wildman–Crippen LogP) is 3.59. The first-order valence-electron chi connectivity index (χ1n) is 7.65. The summed E-state index contributed by atoms with van der Waals surface area (Å²) in [6.07, 6.45) is 6.09. The third-order valence-corrected chi connectivity index (χ3v) is 7.72. The van der Waals surface area contributed by atoms with Crippen molar-refractivity contribution in [2.24, 2.45) is 28.4 Å². The molecule has 4 fully saturated rings. The van der Waals surface area contributed by atoms with Gasteiger partial charge >= 0.3 is 0 Å². The maximum absolute atomic E-state index is 6.17. The summed E-state index contributed by atoms with van der Waals surface area (Å²) in [4.78, 5) is 0.792. The maximum atomic E-state index is 6.17. The van der Waals surface area contributed by atoms with Crippen molar-refractivity contribution in [3.05, 3.63) is 47.5 Å². The quantitative estimate of drug-likeness (QED) is 0.662. The molecule has 0 heterocycles. The summed E-state index contributed by atoms with van der Waals surface area (Å²) in [6.45, 7) is 2.20. The monoisotopic (exact) mass is 281 g/mol. The molecule has 0 bridgehead atoms. The first-order valence-corrected chi connectivity index (χ1v) is 8.06. The highest BCUT2D eigenvalue weighted by Crippen LogP contribution is 2.98. The van der Waals surface area contributed by atoms with Crippen LogP contribution in [0.5, 0.6) is 0 Å². The molecule has 102 valence electrons. The summed E-state index contributed by atoms with van der Waals surface area (Å²) in [7, 11) is 0. The van der Waals surface area contributed by atoms with Gasteiger partial charge in [-0.25, -0.2) is 0 Å². The van der Waals surface area contributed by atoms with Crippen LogP contribution >= 0.6 is 12.2 Å². The Morgan fingerprint density at radius 1 is 1.25 bits per heavy atom. The van der Waals surface area contributed by atoms with Crippen molar-refractivity contribution in [3.63, 3.8) is 0 Å². The van der Waals surface area contributed by atoms with E-state index < -0.39 is 0 Å². The van der Waals surface area contributed by atoms with Gasteiger partial charge in [0.2, 0.25) is 0 Å². The molecule has 2 N–H and O–H groups in total. The number of rotatable bonds is 2. The van der Waals surface area contributed by atoms with Gasteiger partial charge in [0.25, 0.3) is 0 Å². The molecule has 4 saturated carbocycles. The summed E-state index contributed by atoms with van der Waals surface area (Å²) in [5.74, 6) is 1.53. The second kappa shape index (κ2) is 3.04. The summed E-state index contributed by atoms with van der Waals surface area (Å²) in [5, 5.41) is 0. The number of hydrogen-bond donors (Lipinski definition) is 1. The SMILES string of the molecule is C/C=C1/C2CC3(C(N)=S)CC4(c5ccccc5)CC1C234. The first kappa shape index (κ1) is 11.5. The molecule has 4 aliphatic rings. The predicted molar refractivity (Wildman–Crippen MR) is 84.4 cm³/mol. The number of thiocarbonyl (C=S) groups is 1. The van der Waals surface area contributed by atoms with Crippen molar-refractivity contribution in [2.75, 3.05) is 0 Å². The zero-order valence-corrected chi connectivity index (χ0v) is 12.5. The van der Waals surface area contributed by atoms with Crippen LogP contribution in [0.15, 0.2) is 42.0 Å². The molecule has 20 heavy (non-hydrogen) atoms. The Kier molecular flexibility index (Phi) is 1.75. The Morgan fingerprint density at radius 2 is 1.95 bits per heavy atom. The van der Waals surface area contributed by atoms with E-state index in [-0.39, 0.29) is 5.41 Å². The molecule has 0 aliphatic heterocycles. The van der Waals surface area contributed by atoms with Crippen molar-refractivity contribution >= 4 is 17.2 Å². The minimum absolute atomic E-state index is 0.193. The fourth-order valence-corrected chi connectivity index (χ4v) is 7.22. The van der Waals surface area contributed by atoms with Crippen LogP contribution in [0.1, 0.15) is 31.7 Å². The van der Waals surface area contributed by atoms with Gasteiger partial charge in [-0.05, 0) is 43.6 Å². The molecule has 0 saturated heterocycles. The van der Waals surface area contributed by atoms with Gasteiger partial charge in [-0.1, -0.05) is 54.2 Å². The Balaban J connectivity index is 1.66. The number of hydrogen-bond acceptors (Lipinski definition) is 1. The number of allylic oxidation sites excluding steroid dienone is 2. The van der Waals surface area contributed by atoms with E-state index in [2.05, 4.69) is 43.3 Å². The van der Waals surface area contributed by atoms with Crippen LogP contribution in [0.25, 0.3) is 0 Å². The van der Waals surface area contributed by atoms with E-state index in [1.165, 1.54) is 24.8 Å². The molecule has 2 heteroatoms. The van der Waals surface area contributed by atoms with E-state index in [1.54, 1.807) is 5.57 Å². The van der Waals surface area contributed by atoms with Crippen LogP contribution < -0.4 is 5.73 Å². The van der Waals surface area contributed by atoms with Gasteiger partial charge < -0.3 is 5.73 Å². The lowest BCUT2D eigenvalue weighted by atomic mass is 9.07. The molecule has 1 spiro atoms. The molecule has 4 aliphatic carbocycles. The van der Waals surface area contributed by atoms with Crippen LogP contribution in [-0.4, -0.2) is 4.99 Å². The Bertz CT molecular complexity index is 668. The molecular formula is C18H19NS. The third-order valence-electron chi connectivity index (χ3n) is 7.33. The van der Waals surface area contributed by atoms with Crippen molar-refractivity contribution in [1.29, 1.82) is 0 Å². The van der Waals surface area contributed by atoms with Crippen LogP contribution in [0.2, 0.25) is 0 Å². The number of nitrogens with two attached hydrogens (primary N) is 1. The summed E-state index contributed by atoms with van der Waals surface area (Å²) >= 11 is 5.48.